The lowest BCUT2D eigenvalue weighted by atomic mass is 9.88. The molecule has 152 valence electrons. The van der Waals surface area contributed by atoms with E-state index in [9.17, 15) is 4.79 Å². The van der Waals surface area contributed by atoms with Crippen molar-refractivity contribution in [3.8, 4) is 0 Å². The van der Waals surface area contributed by atoms with Crippen LogP contribution in [0.5, 0.6) is 0 Å². The van der Waals surface area contributed by atoms with Crippen molar-refractivity contribution in [3.05, 3.63) is 39.3 Å². The van der Waals surface area contributed by atoms with Crippen molar-refractivity contribution in [2.45, 2.75) is 40.0 Å². The second-order valence-corrected chi connectivity index (χ2v) is 10.1. The van der Waals surface area contributed by atoms with E-state index in [2.05, 4.69) is 48.5 Å². The Morgan fingerprint density at radius 3 is 2.76 bits per heavy atom. The normalized spacial score (nSPS) is 15.8. The number of fused-ring (bicyclic) bond motifs is 2. The molecule has 1 unspecified atom stereocenters. The van der Waals surface area contributed by atoms with Crippen LogP contribution >= 0.6 is 34.9 Å². The second kappa shape index (κ2) is 8.01. The van der Waals surface area contributed by atoms with Crippen LogP contribution in [-0.2, 0) is 17.6 Å². The molecule has 0 spiro atoms. The number of nitrogens with zero attached hydrogens (tertiary/aromatic N) is 1. The predicted molar refractivity (Wildman–Crippen MR) is 126 cm³/mol. The van der Waals surface area contributed by atoms with Crippen molar-refractivity contribution in [1.82, 2.24) is 4.98 Å². The Balaban J connectivity index is 1.57. The summed E-state index contributed by atoms with van der Waals surface area (Å²) in [5.74, 6) is 0.313. The second-order valence-electron chi connectivity index (χ2n) is 7.55. The van der Waals surface area contributed by atoms with Crippen LogP contribution in [0.3, 0.4) is 0 Å². The van der Waals surface area contributed by atoms with Crippen LogP contribution in [0.1, 0.15) is 45.3 Å². The highest BCUT2D eigenvalue weighted by molar-refractivity contribution is 7.80. The molecule has 1 aliphatic carbocycles. The number of anilines is 2. The number of esters is 1. The molecule has 0 radical (unpaired) electrons. The standard InChI is InChI=1S/C21H23N3O2S3/c1-10-5-6-13-15(7-10)28-18(17(13)19(25)26-4)23-20(27)24-21-22-14-8-11(2)12(3)9-16(14)29-21/h8-10H,5-7H2,1-4H3,(H2,22,23,24,27). The number of thiocarbonyl (C=S) groups is 1. The molecule has 0 amide bonds. The maximum absolute atomic E-state index is 12.4. The average Bonchev–Trinajstić information content (AvgIpc) is 3.20. The van der Waals surface area contributed by atoms with Crippen molar-refractivity contribution < 1.29 is 9.53 Å². The van der Waals surface area contributed by atoms with Crippen molar-refractivity contribution in [1.29, 1.82) is 0 Å². The molecule has 1 atom stereocenters. The van der Waals surface area contributed by atoms with E-state index in [0.29, 0.717) is 16.6 Å². The molecule has 0 aliphatic heterocycles. The number of hydrogen-bond donors (Lipinski definition) is 2. The molecule has 2 heterocycles. The van der Waals surface area contributed by atoms with Crippen LogP contribution in [0.15, 0.2) is 12.1 Å². The van der Waals surface area contributed by atoms with Crippen LogP contribution in [0.2, 0.25) is 0 Å². The fraction of sp³-hybridized carbons (Fsp3) is 0.381. The highest BCUT2D eigenvalue weighted by Gasteiger charge is 2.28. The van der Waals surface area contributed by atoms with Gasteiger partial charge in [-0.1, -0.05) is 18.3 Å². The maximum atomic E-state index is 12.4. The van der Waals surface area contributed by atoms with E-state index in [4.69, 9.17) is 17.0 Å². The number of thiazole rings is 1. The number of methoxy groups -OCH3 is 1. The zero-order valence-electron chi connectivity index (χ0n) is 16.8. The van der Waals surface area contributed by atoms with E-state index in [1.54, 1.807) is 22.7 Å². The minimum Gasteiger partial charge on any atom is -0.465 e. The zero-order valence-corrected chi connectivity index (χ0v) is 19.3. The number of hydrogen-bond acceptors (Lipinski definition) is 6. The van der Waals surface area contributed by atoms with Gasteiger partial charge in [0.2, 0.25) is 0 Å². The van der Waals surface area contributed by atoms with Gasteiger partial charge < -0.3 is 15.4 Å². The lowest BCUT2D eigenvalue weighted by Gasteiger charge is -2.18. The van der Waals surface area contributed by atoms with Gasteiger partial charge in [-0.2, -0.15) is 0 Å². The Morgan fingerprint density at radius 2 is 2.00 bits per heavy atom. The summed E-state index contributed by atoms with van der Waals surface area (Å²) in [6.45, 7) is 6.43. The molecule has 5 nitrogen and oxygen atoms in total. The van der Waals surface area contributed by atoms with Gasteiger partial charge in [0.25, 0.3) is 0 Å². The fourth-order valence-corrected chi connectivity index (χ4v) is 6.30. The Hall–Kier alpha value is -2.03. The van der Waals surface area contributed by atoms with Crippen molar-refractivity contribution in [2.24, 2.45) is 5.92 Å². The number of carbonyl (C=O) groups excluding carboxylic acids is 1. The van der Waals surface area contributed by atoms with Gasteiger partial charge in [0.05, 0.1) is 22.9 Å². The molecule has 2 aromatic heterocycles. The van der Waals surface area contributed by atoms with Crippen LogP contribution in [0, 0.1) is 19.8 Å². The summed E-state index contributed by atoms with van der Waals surface area (Å²) in [7, 11) is 1.42. The molecule has 0 saturated carbocycles. The highest BCUT2D eigenvalue weighted by atomic mass is 32.1. The summed E-state index contributed by atoms with van der Waals surface area (Å²) in [5.41, 5.74) is 5.15. The van der Waals surface area contributed by atoms with Gasteiger partial charge in [0.1, 0.15) is 5.00 Å². The van der Waals surface area contributed by atoms with E-state index >= 15 is 0 Å². The van der Waals surface area contributed by atoms with Crippen LogP contribution < -0.4 is 10.6 Å². The molecule has 3 aromatic rings. The average molecular weight is 446 g/mol. The van der Waals surface area contributed by atoms with Gasteiger partial charge in [-0.05, 0) is 80.1 Å². The molecule has 0 saturated heterocycles. The summed E-state index contributed by atoms with van der Waals surface area (Å²) in [6.07, 6.45) is 2.97. The summed E-state index contributed by atoms with van der Waals surface area (Å²) >= 11 is 8.68. The number of thiophene rings is 1. The first-order valence-electron chi connectivity index (χ1n) is 9.54. The zero-order chi connectivity index (χ0) is 20.7. The van der Waals surface area contributed by atoms with Crippen LogP contribution in [-0.4, -0.2) is 23.2 Å². The first-order valence-corrected chi connectivity index (χ1v) is 11.6. The van der Waals surface area contributed by atoms with E-state index in [-0.39, 0.29) is 5.97 Å². The Kier molecular flexibility index (Phi) is 5.59. The minimum absolute atomic E-state index is 0.312. The third-order valence-corrected chi connectivity index (χ3v) is 7.66. The summed E-state index contributed by atoms with van der Waals surface area (Å²) < 4.78 is 6.16. The lowest BCUT2D eigenvalue weighted by Crippen LogP contribution is -2.20. The first kappa shape index (κ1) is 20.3. The smallest absolute Gasteiger partial charge is 0.341 e. The quantitative estimate of drug-likeness (QED) is 0.399. The van der Waals surface area contributed by atoms with Gasteiger partial charge in [0, 0.05) is 4.88 Å². The molecule has 1 aliphatic rings. The molecule has 0 fully saturated rings. The number of aryl methyl sites for hydroxylation is 2. The van der Waals surface area contributed by atoms with Gasteiger partial charge in [0.15, 0.2) is 10.2 Å². The number of nitrogens with one attached hydrogen (secondary N) is 2. The van der Waals surface area contributed by atoms with Gasteiger partial charge in [-0.3, -0.25) is 0 Å². The minimum atomic E-state index is -0.312. The van der Waals surface area contributed by atoms with E-state index < -0.39 is 0 Å². The summed E-state index contributed by atoms with van der Waals surface area (Å²) in [5, 5.41) is 8.30. The van der Waals surface area contributed by atoms with Gasteiger partial charge in [-0.15, -0.1) is 11.3 Å². The lowest BCUT2D eigenvalue weighted by molar-refractivity contribution is 0.0601. The molecular formula is C21H23N3O2S3. The number of carbonyl (C=O) groups is 1. The van der Waals surface area contributed by atoms with E-state index in [1.807, 2.05) is 0 Å². The monoisotopic (exact) mass is 445 g/mol. The summed E-state index contributed by atoms with van der Waals surface area (Å²) in [6, 6.07) is 4.24. The third-order valence-electron chi connectivity index (χ3n) is 5.35. The Labute approximate surface area is 183 Å². The fourth-order valence-electron chi connectivity index (χ4n) is 3.62. The van der Waals surface area contributed by atoms with E-state index in [1.165, 1.54) is 23.1 Å². The highest BCUT2D eigenvalue weighted by Crippen LogP contribution is 2.40. The molecule has 29 heavy (non-hydrogen) atoms. The molecular weight excluding hydrogens is 422 g/mol. The number of aromatic nitrogens is 1. The third kappa shape index (κ3) is 4.01. The topological polar surface area (TPSA) is 63.2 Å². The largest absolute Gasteiger partial charge is 0.465 e. The molecule has 1 aromatic carbocycles. The molecule has 8 heteroatoms. The van der Waals surface area contributed by atoms with Crippen molar-refractivity contribution in [3.63, 3.8) is 0 Å². The van der Waals surface area contributed by atoms with Crippen molar-refractivity contribution in [2.75, 3.05) is 17.7 Å². The van der Waals surface area contributed by atoms with Gasteiger partial charge in [-0.25, -0.2) is 9.78 Å². The predicted octanol–water partition coefficient (Wildman–Crippen LogP) is 5.69. The summed E-state index contributed by atoms with van der Waals surface area (Å²) in [4.78, 5) is 18.3. The number of ether oxygens (including phenoxy) is 1. The number of rotatable bonds is 3. The van der Waals surface area contributed by atoms with Crippen LogP contribution in [0.25, 0.3) is 10.2 Å². The SMILES string of the molecule is COC(=O)c1c(NC(=S)Nc2nc3cc(C)c(C)cc3s2)sc2c1CCC(C)C2. The number of benzene rings is 1. The Morgan fingerprint density at radius 1 is 1.24 bits per heavy atom. The van der Waals surface area contributed by atoms with E-state index in [0.717, 1.165) is 45.2 Å². The van der Waals surface area contributed by atoms with Gasteiger partial charge >= 0.3 is 5.97 Å². The maximum Gasteiger partial charge on any atom is 0.341 e. The van der Waals surface area contributed by atoms with Crippen molar-refractivity contribution >= 4 is 66.3 Å². The molecule has 4 rings (SSSR count). The first-order chi connectivity index (χ1) is 13.9. The Bertz CT molecular complexity index is 1080. The molecule has 2 N–H and O–H groups in total. The molecule has 0 bridgehead atoms. The van der Waals surface area contributed by atoms with Crippen LogP contribution in [0.4, 0.5) is 10.1 Å².